The lowest BCUT2D eigenvalue weighted by molar-refractivity contribution is -0.138. The van der Waals surface area contributed by atoms with Crippen LogP contribution in [0.1, 0.15) is 43.2 Å². The zero-order valence-electron chi connectivity index (χ0n) is 13.0. The molecule has 0 aromatic heterocycles. The van der Waals surface area contributed by atoms with Crippen LogP contribution in [0.4, 0.5) is 0 Å². The van der Waals surface area contributed by atoms with Gasteiger partial charge in [-0.1, -0.05) is 42.4 Å². The lowest BCUT2D eigenvalue weighted by Crippen LogP contribution is -2.42. The first-order valence-electron chi connectivity index (χ1n) is 7.87. The van der Waals surface area contributed by atoms with Crippen molar-refractivity contribution in [3.63, 3.8) is 0 Å². The number of hydrogen-bond acceptors (Lipinski definition) is 4. The molecule has 122 valence electrons. The highest BCUT2D eigenvalue weighted by atomic mass is 32.2. The maximum absolute atomic E-state index is 12.0. The minimum atomic E-state index is -0.822. The molecule has 1 aromatic rings. The summed E-state index contributed by atoms with van der Waals surface area (Å²) >= 11 is 1.53. The van der Waals surface area contributed by atoms with Gasteiger partial charge in [0.25, 0.3) is 0 Å². The number of carboxylic acids is 1. The van der Waals surface area contributed by atoms with Crippen molar-refractivity contribution in [1.82, 2.24) is 5.32 Å². The Morgan fingerprint density at radius 1 is 1.39 bits per heavy atom. The molecule has 0 saturated heterocycles. The molecule has 0 spiro atoms. The number of amides is 1. The summed E-state index contributed by atoms with van der Waals surface area (Å²) in [4.78, 5) is 27.6. The van der Waals surface area contributed by atoms with Crippen LogP contribution in [-0.2, 0) is 15.3 Å². The number of hydrogen-bond donors (Lipinski definition) is 2. The van der Waals surface area contributed by atoms with E-state index in [0.717, 1.165) is 30.4 Å². The lowest BCUT2D eigenvalue weighted by atomic mass is 10.0. The van der Waals surface area contributed by atoms with Gasteiger partial charge in [0.05, 0.1) is 17.9 Å². The Balaban J connectivity index is 1.60. The molecule has 1 saturated carbocycles. The van der Waals surface area contributed by atoms with Gasteiger partial charge in [0.2, 0.25) is 5.91 Å². The van der Waals surface area contributed by atoms with E-state index in [-0.39, 0.29) is 17.9 Å². The number of thioether (sulfide) groups is 1. The molecule has 3 unspecified atom stereocenters. The number of aliphatic carboxylic acids is 1. The molecule has 23 heavy (non-hydrogen) atoms. The van der Waals surface area contributed by atoms with Crippen LogP contribution in [0.15, 0.2) is 29.3 Å². The fourth-order valence-electron chi connectivity index (χ4n) is 3.05. The molecule has 0 bridgehead atoms. The Morgan fingerprint density at radius 2 is 2.13 bits per heavy atom. The Kier molecular flexibility index (Phi) is 4.71. The molecule has 3 atom stereocenters. The maximum atomic E-state index is 12.0. The quantitative estimate of drug-likeness (QED) is 0.888. The average Bonchev–Trinajstić information content (AvgIpc) is 3.02. The summed E-state index contributed by atoms with van der Waals surface area (Å²) in [5.74, 6) is -0.444. The molecule has 6 heteroatoms. The van der Waals surface area contributed by atoms with Crippen molar-refractivity contribution in [3.05, 3.63) is 35.4 Å². The number of rotatable bonds is 4. The molecule has 3 rings (SSSR count). The monoisotopic (exact) mass is 332 g/mol. The van der Waals surface area contributed by atoms with Gasteiger partial charge in [0.15, 0.2) is 5.17 Å². The topological polar surface area (TPSA) is 78.8 Å². The number of nitrogens with one attached hydrogen (secondary N) is 1. The molecule has 5 nitrogen and oxygen atoms in total. The third-order valence-corrected chi connectivity index (χ3v) is 5.51. The van der Waals surface area contributed by atoms with E-state index >= 15 is 0 Å². The number of aliphatic imine (C=N–C) groups is 1. The van der Waals surface area contributed by atoms with Crippen LogP contribution >= 0.6 is 11.8 Å². The van der Waals surface area contributed by atoms with E-state index in [1.807, 2.05) is 24.3 Å². The van der Waals surface area contributed by atoms with Crippen molar-refractivity contribution in [3.8, 4) is 0 Å². The Hall–Kier alpha value is -1.82. The van der Waals surface area contributed by atoms with Crippen LogP contribution < -0.4 is 5.32 Å². The smallest absolute Gasteiger partial charge is 0.310 e. The molecule has 0 radical (unpaired) electrons. The summed E-state index contributed by atoms with van der Waals surface area (Å²) in [5, 5.41) is 12.6. The zero-order chi connectivity index (χ0) is 16.4. The summed E-state index contributed by atoms with van der Waals surface area (Å²) in [7, 11) is 0. The van der Waals surface area contributed by atoms with E-state index in [4.69, 9.17) is 5.11 Å². The van der Waals surface area contributed by atoms with Crippen molar-refractivity contribution in [2.75, 3.05) is 0 Å². The highest BCUT2D eigenvalue weighted by Crippen LogP contribution is 2.32. The van der Waals surface area contributed by atoms with Gasteiger partial charge in [-0.3, -0.25) is 14.6 Å². The predicted octanol–water partition coefficient (Wildman–Crippen LogP) is 2.76. The molecule has 2 N–H and O–H groups in total. The van der Waals surface area contributed by atoms with E-state index in [9.17, 15) is 9.59 Å². The largest absolute Gasteiger partial charge is 0.481 e. The van der Waals surface area contributed by atoms with Gasteiger partial charge in [0.1, 0.15) is 0 Å². The number of carboxylic acid groups (broad SMARTS) is 1. The summed E-state index contributed by atoms with van der Waals surface area (Å²) in [6.07, 6.45) is 3.03. The molecule has 1 aliphatic heterocycles. The third-order valence-electron chi connectivity index (χ3n) is 4.56. The van der Waals surface area contributed by atoms with E-state index < -0.39 is 11.9 Å². The first kappa shape index (κ1) is 16.1. The zero-order valence-corrected chi connectivity index (χ0v) is 13.8. The fourth-order valence-corrected chi connectivity index (χ4v) is 3.93. The van der Waals surface area contributed by atoms with Gasteiger partial charge in [0, 0.05) is 5.75 Å². The number of amidine groups is 1. The van der Waals surface area contributed by atoms with Gasteiger partial charge in [-0.05, 0) is 30.9 Å². The molecular weight excluding hydrogens is 312 g/mol. The van der Waals surface area contributed by atoms with E-state index in [0.29, 0.717) is 10.9 Å². The minimum absolute atomic E-state index is 0.0659. The van der Waals surface area contributed by atoms with Crippen molar-refractivity contribution >= 4 is 28.8 Å². The first-order valence-corrected chi connectivity index (χ1v) is 8.86. The van der Waals surface area contributed by atoms with Gasteiger partial charge in [-0.25, -0.2) is 0 Å². The van der Waals surface area contributed by atoms with Gasteiger partial charge < -0.3 is 10.4 Å². The molecule has 1 aromatic carbocycles. The minimum Gasteiger partial charge on any atom is -0.481 e. The van der Waals surface area contributed by atoms with Crippen LogP contribution in [0.25, 0.3) is 0 Å². The molecular formula is C17H20N2O3S. The summed E-state index contributed by atoms with van der Waals surface area (Å²) < 4.78 is 0. The summed E-state index contributed by atoms with van der Waals surface area (Å²) in [5.41, 5.74) is 1.88. The molecule has 1 amide bonds. The SMILES string of the molecule is CC(C(=O)O)c1ccc(CSC2=NC3CCCC3C(=O)N2)cc1. The number of benzene rings is 1. The highest BCUT2D eigenvalue weighted by molar-refractivity contribution is 8.13. The van der Waals surface area contributed by atoms with Crippen molar-refractivity contribution in [2.45, 2.75) is 43.9 Å². The Labute approximate surface area is 139 Å². The van der Waals surface area contributed by atoms with Crippen LogP contribution in [0.3, 0.4) is 0 Å². The second-order valence-electron chi connectivity index (χ2n) is 6.12. The maximum Gasteiger partial charge on any atom is 0.310 e. The van der Waals surface area contributed by atoms with E-state index in [2.05, 4.69) is 10.3 Å². The standard InChI is InChI=1S/C17H20N2O3S/c1-10(16(21)22)12-7-5-11(6-8-12)9-23-17-18-14-4-2-3-13(14)15(20)19-17/h5-8,10,13-14H,2-4,9H2,1H3,(H,21,22)(H,18,19,20). The number of nitrogens with zero attached hydrogens (tertiary/aromatic N) is 1. The van der Waals surface area contributed by atoms with E-state index in [1.54, 1.807) is 6.92 Å². The summed E-state index contributed by atoms with van der Waals surface area (Å²) in [6.45, 7) is 1.68. The molecule has 1 aliphatic carbocycles. The first-order chi connectivity index (χ1) is 11.0. The average molecular weight is 332 g/mol. The van der Waals surface area contributed by atoms with E-state index in [1.165, 1.54) is 11.8 Å². The second-order valence-corrected chi connectivity index (χ2v) is 7.08. The van der Waals surface area contributed by atoms with Crippen molar-refractivity contribution in [1.29, 1.82) is 0 Å². The number of carbonyl (C=O) groups excluding carboxylic acids is 1. The van der Waals surface area contributed by atoms with Crippen LogP contribution in [0, 0.1) is 5.92 Å². The van der Waals surface area contributed by atoms with Gasteiger partial charge >= 0.3 is 5.97 Å². The van der Waals surface area contributed by atoms with Crippen LogP contribution in [0.2, 0.25) is 0 Å². The Morgan fingerprint density at radius 3 is 2.83 bits per heavy atom. The highest BCUT2D eigenvalue weighted by Gasteiger charge is 2.36. The predicted molar refractivity (Wildman–Crippen MR) is 90.5 cm³/mol. The van der Waals surface area contributed by atoms with Crippen LogP contribution in [-0.4, -0.2) is 28.2 Å². The normalized spacial score (nSPS) is 24.6. The number of fused-ring (bicyclic) bond motifs is 1. The fraction of sp³-hybridized carbons (Fsp3) is 0.471. The Bertz CT molecular complexity index is 642. The van der Waals surface area contributed by atoms with Crippen LogP contribution in [0.5, 0.6) is 0 Å². The summed E-state index contributed by atoms with van der Waals surface area (Å²) in [6, 6.07) is 7.73. The molecule has 1 fully saturated rings. The molecule has 1 heterocycles. The lowest BCUT2D eigenvalue weighted by Gasteiger charge is -2.23. The van der Waals surface area contributed by atoms with Gasteiger partial charge in [-0.2, -0.15) is 0 Å². The van der Waals surface area contributed by atoms with Crippen molar-refractivity contribution in [2.24, 2.45) is 10.9 Å². The second kappa shape index (κ2) is 6.74. The number of carbonyl (C=O) groups is 2. The molecule has 2 aliphatic rings. The van der Waals surface area contributed by atoms with Gasteiger partial charge in [-0.15, -0.1) is 0 Å². The third kappa shape index (κ3) is 3.58. The van der Waals surface area contributed by atoms with Crippen molar-refractivity contribution < 1.29 is 14.7 Å².